The van der Waals surface area contributed by atoms with Crippen LogP contribution in [0, 0.1) is 0 Å². The van der Waals surface area contributed by atoms with Crippen LogP contribution in [0.1, 0.15) is 17.7 Å². The van der Waals surface area contributed by atoms with Crippen LogP contribution in [0.25, 0.3) is 0 Å². The number of aromatic nitrogens is 2. The Kier molecular flexibility index (Phi) is 5.32. The van der Waals surface area contributed by atoms with Crippen molar-refractivity contribution in [2.75, 3.05) is 18.6 Å². The number of hydrogen-bond donors (Lipinski definition) is 1. The number of aliphatic hydroxyl groups excluding tert-OH is 1. The zero-order chi connectivity index (χ0) is 12.9. The van der Waals surface area contributed by atoms with Crippen LogP contribution in [0.3, 0.4) is 0 Å². The summed E-state index contributed by atoms with van der Waals surface area (Å²) < 4.78 is 39.1. The van der Waals surface area contributed by atoms with Crippen LogP contribution in [0.5, 0.6) is 0 Å². The molecule has 1 aromatic heterocycles. The van der Waals surface area contributed by atoms with Crippen molar-refractivity contribution in [3.63, 3.8) is 0 Å². The number of halogens is 3. The second kappa shape index (κ2) is 6.30. The van der Waals surface area contributed by atoms with Crippen molar-refractivity contribution in [1.29, 1.82) is 0 Å². The van der Waals surface area contributed by atoms with Gasteiger partial charge in [-0.15, -0.1) is 0 Å². The number of thioether (sulfide) groups is 1. The van der Waals surface area contributed by atoms with E-state index in [9.17, 15) is 13.2 Å². The van der Waals surface area contributed by atoms with Crippen LogP contribution >= 0.6 is 11.8 Å². The van der Waals surface area contributed by atoms with E-state index in [4.69, 9.17) is 5.11 Å². The molecule has 0 radical (unpaired) electrons. The zero-order valence-corrected chi connectivity index (χ0v) is 10.3. The van der Waals surface area contributed by atoms with E-state index in [1.807, 2.05) is 6.26 Å². The molecule has 0 saturated carbocycles. The molecule has 0 aliphatic rings. The summed E-state index contributed by atoms with van der Waals surface area (Å²) in [7, 11) is 0. The Hall–Kier alpha value is -0.690. The summed E-state index contributed by atoms with van der Waals surface area (Å²) in [6, 6.07) is 0. The summed E-state index contributed by atoms with van der Waals surface area (Å²) in [6.45, 7) is 0.162. The number of nitrogens with zero attached hydrogens (tertiary/aromatic N) is 2. The smallest absolute Gasteiger partial charge is 0.396 e. The quantitative estimate of drug-likeness (QED) is 0.804. The lowest BCUT2D eigenvalue weighted by molar-refractivity contribution is -0.142. The van der Waals surface area contributed by atoms with E-state index in [-0.39, 0.29) is 18.6 Å². The minimum atomic E-state index is -4.45. The molecule has 3 nitrogen and oxygen atoms in total. The lowest BCUT2D eigenvalue weighted by atomic mass is 10.2. The van der Waals surface area contributed by atoms with Gasteiger partial charge in [0.05, 0.1) is 0 Å². The Labute approximate surface area is 102 Å². The van der Waals surface area contributed by atoms with Gasteiger partial charge in [0.1, 0.15) is 0 Å². The first-order valence-corrected chi connectivity index (χ1v) is 6.61. The maximum atomic E-state index is 12.6. The fourth-order valence-electron chi connectivity index (χ4n) is 1.49. The van der Waals surface area contributed by atoms with Gasteiger partial charge in [-0.3, -0.25) is 4.68 Å². The third kappa shape index (κ3) is 4.23. The molecule has 0 aliphatic heterocycles. The van der Waals surface area contributed by atoms with Gasteiger partial charge in [-0.2, -0.15) is 30.0 Å². The van der Waals surface area contributed by atoms with E-state index in [0.29, 0.717) is 6.54 Å². The molecule has 0 atom stereocenters. The topological polar surface area (TPSA) is 38.0 Å². The van der Waals surface area contributed by atoms with Gasteiger partial charge in [0, 0.05) is 24.9 Å². The van der Waals surface area contributed by atoms with Crippen LogP contribution < -0.4 is 0 Å². The molecule has 0 aliphatic carbocycles. The highest BCUT2D eigenvalue weighted by atomic mass is 32.2. The van der Waals surface area contributed by atoms with Crippen LogP contribution in [-0.4, -0.2) is 33.5 Å². The fraction of sp³-hybridized carbons (Fsp3) is 0.700. The van der Waals surface area contributed by atoms with Crippen molar-refractivity contribution in [3.8, 4) is 0 Å². The summed E-state index contributed by atoms with van der Waals surface area (Å²) in [5.41, 5.74) is -0.820. The molecule has 1 heterocycles. The lowest BCUT2D eigenvalue weighted by Crippen LogP contribution is -2.10. The molecular weight excluding hydrogens is 253 g/mol. The Balaban J connectivity index is 2.80. The predicted octanol–water partition coefficient (Wildman–Crippen LogP) is 2.19. The third-order valence-electron chi connectivity index (χ3n) is 2.22. The summed E-state index contributed by atoms with van der Waals surface area (Å²) in [5.74, 6) is 0.885. The van der Waals surface area contributed by atoms with Gasteiger partial charge in [0.25, 0.3) is 0 Å². The minimum Gasteiger partial charge on any atom is -0.396 e. The van der Waals surface area contributed by atoms with Crippen LogP contribution in [0.2, 0.25) is 0 Å². The van der Waals surface area contributed by atoms with Crippen molar-refractivity contribution in [2.24, 2.45) is 0 Å². The zero-order valence-electron chi connectivity index (χ0n) is 9.50. The summed E-state index contributed by atoms with van der Waals surface area (Å²) >= 11 is 1.64. The van der Waals surface area contributed by atoms with Crippen molar-refractivity contribution in [2.45, 2.75) is 25.6 Å². The number of aryl methyl sites for hydroxylation is 1. The highest BCUT2D eigenvalue weighted by Crippen LogP contribution is 2.30. The third-order valence-corrected chi connectivity index (χ3v) is 2.92. The summed E-state index contributed by atoms with van der Waals surface area (Å²) in [6.07, 6.45) is -0.369. The Bertz CT molecular complexity index is 352. The average molecular weight is 268 g/mol. The minimum absolute atomic E-state index is 0.0165. The average Bonchev–Trinajstić information content (AvgIpc) is 2.62. The normalized spacial score (nSPS) is 12.1. The van der Waals surface area contributed by atoms with Crippen molar-refractivity contribution >= 4 is 11.8 Å². The van der Waals surface area contributed by atoms with E-state index < -0.39 is 11.9 Å². The van der Waals surface area contributed by atoms with Gasteiger partial charge in [0.2, 0.25) is 0 Å². The van der Waals surface area contributed by atoms with E-state index in [1.54, 1.807) is 11.8 Å². The molecule has 0 fully saturated rings. The first-order valence-electron chi connectivity index (χ1n) is 5.22. The lowest BCUT2D eigenvalue weighted by Gasteiger charge is -2.04. The molecule has 98 valence electrons. The number of hydrogen-bond acceptors (Lipinski definition) is 3. The Morgan fingerprint density at radius 1 is 1.47 bits per heavy atom. The molecule has 17 heavy (non-hydrogen) atoms. The highest BCUT2D eigenvalue weighted by Gasteiger charge is 2.36. The van der Waals surface area contributed by atoms with Crippen LogP contribution in [0.4, 0.5) is 13.2 Å². The van der Waals surface area contributed by atoms with Crippen LogP contribution in [-0.2, 0) is 19.1 Å². The first-order chi connectivity index (χ1) is 7.99. The Morgan fingerprint density at radius 3 is 2.71 bits per heavy atom. The maximum absolute atomic E-state index is 12.6. The molecular formula is C10H15F3N2OS. The summed E-state index contributed by atoms with van der Waals surface area (Å²) in [5, 5.41) is 12.3. The number of aliphatic hydroxyl groups is 1. The molecule has 0 aromatic carbocycles. The maximum Gasteiger partial charge on any atom is 0.435 e. The molecule has 0 bridgehead atoms. The molecule has 1 rings (SSSR count). The van der Waals surface area contributed by atoms with Crippen LogP contribution in [0.15, 0.2) is 6.20 Å². The second-order valence-electron chi connectivity index (χ2n) is 3.58. The standard InChI is InChI=1S/C10H15F3N2OS/c1-17-6-2-4-15-7-8(3-5-16)9(14-15)10(11,12)13/h7,16H,2-6H2,1H3. The molecule has 0 unspecified atom stereocenters. The van der Waals surface area contributed by atoms with Crippen molar-refractivity contribution < 1.29 is 18.3 Å². The molecule has 0 amide bonds. The van der Waals surface area contributed by atoms with Gasteiger partial charge < -0.3 is 5.11 Å². The molecule has 0 spiro atoms. The van der Waals surface area contributed by atoms with E-state index in [0.717, 1.165) is 12.2 Å². The second-order valence-corrected chi connectivity index (χ2v) is 4.57. The molecule has 7 heteroatoms. The van der Waals surface area contributed by atoms with Gasteiger partial charge in [0.15, 0.2) is 5.69 Å². The predicted molar refractivity (Wildman–Crippen MR) is 61.0 cm³/mol. The van der Waals surface area contributed by atoms with E-state index in [1.165, 1.54) is 10.9 Å². The number of alkyl halides is 3. The molecule has 1 aromatic rings. The highest BCUT2D eigenvalue weighted by molar-refractivity contribution is 7.98. The van der Waals surface area contributed by atoms with E-state index in [2.05, 4.69) is 5.10 Å². The fourth-order valence-corrected chi connectivity index (χ4v) is 1.91. The first kappa shape index (κ1) is 14.4. The van der Waals surface area contributed by atoms with Gasteiger partial charge in [-0.1, -0.05) is 0 Å². The van der Waals surface area contributed by atoms with Crippen molar-refractivity contribution in [3.05, 3.63) is 17.5 Å². The SMILES string of the molecule is CSCCCn1cc(CCO)c(C(F)(F)F)n1. The van der Waals surface area contributed by atoms with E-state index >= 15 is 0 Å². The largest absolute Gasteiger partial charge is 0.435 e. The monoisotopic (exact) mass is 268 g/mol. The van der Waals surface area contributed by atoms with Gasteiger partial charge >= 0.3 is 6.18 Å². The Morgan fingerprint density at radius 2 is 2.18 bits per heavy atom. The number of rotatable bonds is 6. The molecule has 0 saturated heterocycles. The summed E-state index contributed by atoms with van der Waals surface area (Å²) in [4.78, 5) is 0. The van der Waals surface area contributed by atoms with Crippen molar-refractivity contribution in [1.82, 2.24) is 9.78 Å². The van der Waals surface area contributed by atoms with Gasteiger partial charge in [-0.25, -0.2) is 0 Å². The molecule has 1 N–H and O–H groups in total. The van der Waals surface area contributed by atoms with Gasteiger partial charge in [-0.05, 0) is 24.9 Å².